The first-order valence-corrected chi connectivity index (χ1v) is 11.4. The van der Waals surface area contributed by atoms with Gasteiger partial charge in [-0.2, -0.15) is 0 Å². The van der Waals surface area contributed by atoms with Crippen molar-refractivity contribution in [2.45, 2.75) is 44.3 Å². The van der Waals surface area contributed by atoms with Crippen LogP contribution in [-0.4, -0.2) is 34.8 Å². The van der Waals surface area contributed by atoms with Crippen molar-refractivity contribution in [2.75, 3.05) is 12.4 Å². The molecule has 0 radical (unpaired) electrons. The minimum atomic E-state index is -2.32. The van der Waals surface area contributed by atoms with Crippen molar-refractivity contribution in [3.05, 3.63) is 99.6 Å². The molecule has 2 unspecified atom stereocenters. The summed E-state index contributed by atoms with van der Waals surface area (Å²) in [5.41, 5.74) is -1.80. The number of ether oxygens (including phenoxy) is 3. The Morgan fingerprint density at radius 2 is 1.78 bits per heavy atom. The molecule has 1 amide bonds. The first kappa shape index (κ1) is 25.2. The van der Waals surface area contributed by atoms with E-state index in [9.17, 15) is 20.0 Å². The van der Waals surface area contributed by atoms with E-state index in [0.29, 0.717) is 17.0 Å². The van der Waals surface area contributed by atoms with Crippen LogP contribution in [0.1, 0.15) is 30.5 Å². The van der Waals surface area contributed by atoms with E-state index in [4.69, 9.17) is 14.2 Å². The fourth-order valence-electron chi connectivity index (χ4n) is 4.24. The van der Waals surface area contributed by atoms with Gasteiger partial charge in [-0.1, -0.05) is 42.5 Å². The van der Waals surface area contributed by atoms with Crippen LogP contribution in [-0.2, 0) is 28.3 Å². The Morgan fingerprint density at radius 1 is 1.08 bits per heavy atom. The largest absolute Gasteiger partial charge is 0.497 e. The number of carbonyl (C=O) groups is 1. The Labute approximate surface area is 208 Å². The number of hydrogen-bond acceptors (Lipinski definition) is 7. The number of anilines is 1. The fraction of sp³-hybridized carbons (Fsp3) is 0.296. The molecule has 9 heteroatoms. The molecule has 0 fully saturated rings. The molecule has 9 nitrogen and oxygen atoms in total. The number of nitrogens with one attached hydrogen (secondary N) is 1. The Hall–Kier alpha value is -3.95. The number of methoxy groups -OCH3 is 1. The van der Waals surface area contributed by atoms with Gasteiger partial charge >= 0.3 is 5.72 Å². The molecule has 1 aliphatic heterocycles. The van der Waals surface area contributed by atoms with Gasteiger partial charge in [0.05, 0.1) is 25.1 Å². The molecule has 0 aromatic heterocycles. The first-order valence-electron chi connectivity index (χ1n) is 11.4. The van der Waals surface area contributed by atoms with Crippen LogP contribution in [0.15, 0.2) is 72.8 Å². The number of nitro groups is 1. The number of carbonyl (C=O) groups excluding carboxylic acids is 1. The summed E-state index contributed by atoms with van der Waals surface area (Å²) < 4.78 is 17.0. The monoisotopic (exact) mass is 492 g/mol. The maximum atomic E-state index is 12.7. The summed E-state index contributed by atoms with van der Waals surface area (Å²) in [6, 6.07) is 20.6. The number of aliphatic hydroxyl groups excluding tert-OH is 1. The summed E-state index contributed by atoms with van der Waals surface area (Å²) >= 11 is 0. The summed E-state index contributed by atoms with van der Waals surface area (Å²) in [6.45, 7) is 3.02. The van der Waals surface area contributed by atoms with Gasteiger partial charge in [0.15, 0.2) is 6.10 Å². The molecule has 3 aromatic carbocycles. The van der Waals surface area contributed by atoms with Gasteiger partial charge in [0, 0.05) is 5.69 Å². The van der Waals surface area contributed by atoms with Crippen LogP contribution in [0.4, 0.5) is 5.69 Å². The second kappa shape index (κ2) is 9.96. The highest BCUT2D eigenvalue weighted by Crippen LogP contribution is 2.47. The molecule has 2 atom stereocenters. The number of fused-ring (bicyclic) bond motifs is 1. The van der Waals surface area contributed by atoms with Crippen LogP contribution in [0.2, 0.25) is 0 Å². The van der Waals surface area contributed by atoms with Crippen LogP contribution >= 0.6 is 0 Å². The van der Waals surface area contributed by atoms with Gasteiger partial charge in [-0.15, -0.1) is 0 Å². The average Bonchev–Trinajstić information content (AvgIpc) is 2.85. The minimum Gasteiger partial charge on any atom is -0.497 e. The van der Waals surface area contributed by atoms with Gasteiger partial charge in [0.2, 0.25) is 5.91 Å². The van der Waals surface area contributed by atoms with Gasteiger partial charge < -0.3 is 24.6 Å². The number of rotatable bonds is 8. The Bertz CT molecular complexity index is 1240. The van der Waals surface area contributed by atoms with E-state index < -0.39 is 22.4 Å². The van der Waals surface area contributed by atoms with Crippen LogP contribution in [0.5, 0.6) is 11.5 Å². The van der Waals surface area contributed by atoms with Gasteiger partial charge in [0.1, 0.15) is 22.7 Å². The third-order valence-electron chi connectivity index (χ3n) is 6.15. The molecule has 36 heavy (non-hydrogen) atoms. The van der Waals surface area contributed by atoms with Crippen molar-refractivity contribution in [1.29, 1.82) is 0 Å². The highest BCUT2D eigenvalue weighted by molar-refractivity contribution is 5.92. The molecular weight excluding hydrogens is 464 g/mol. The van der Waals surface area contributed by atoms with Crippen molar-refractivity contribution >= 4 is 11.6 Å². The Balaban J connectivity index is 1.65. The highest BCUT2D eigenvalue weighted by atomic mass is 16.7. The summed E-state index contributed by atoms with van der Waals surface area (Å²) in [4.78, 5) is 24.6. The topological polar surface area (TPSA) is 120 Å². The predicted molar refractivity (Wildman–Crippen MR) is 132 cm³/mol. The number of nitrogens with zero attached hydrogens (tertiary/aromatic N) is 1. The molecule has 1 aliphatic rings. The van der Waals surface area contributed by atoms with E-state index in [0.717, 1.165) is 5.56 Å². The van der Waals surface area contributed by atoms with E-state index in [1.807, 2.05) is 6.07 Å². The van der Waals surface area contributed by atoms with Gasteiger partial charge in [-0.25, -0.2) is 0 Å². The quantitative estimate of drug-likeness (QED) is 0.276. The van der Waals surface area contributed by atoms with Crippen LogP contribution in [0, 0.1) is 10.1 Å². The number of hydrogen-bond donors (Lipinski definition) is 2. The lowest BCUT2D eigenvalue weighted by atomic mass is 9.83. The van der Waals surface area contributed by atoms with Crippen molar-refractivity contribution < 1.29 is 29.0 Å². The minimum absolute atomic E-state index is 0.0255. The first-order chi connectivity index (χ1) is 17.2. The molecule has 0 saturated carbocycles. The van der Waals surface area contributed by atoms with Gasteiger partial charge in [-0.05, 0) is 55.3 Å². The summed E-state index contributed by atoms with van der Waals surface area (Å²) in [6.07, 6.45) is -1.54. The second-order valence-corrected chi connectivity index (χ2v) is 9.12. The highest BCUT2D eigenvalue weighted by Gasteiger charge is 2.64. The molecule has 188 valence electrons. The molecule has 4 rings (SSSR count). The zero-order valence-corrected chi connectivity index (χ0v) is 20.3. The molecule has 0 saturated heterocycles. The van der Waals surface area contributed by atoms with Crippen LogP contribution < -0.4 is 14.8 Å². The third-order valence-corrected chi connectivity index (χ3v) is 6.15. The predicted octanol–water partition coefficient (Wildman–Crippen LogP) is 4.05. The molecule has 2 N–H and O–H groups in total. The van der Waals surface area contributed by atoms with Crippen molar-refractivity contribution in [1.82, 2.24) is 0 Å². The van der Waals surface area contributed by atoms with Gasteiger partial charge in [-0.3, -0.25) is 14.9 Å². The Kier molecular flexibility index (Phi) is 6.96. The molecule has 0 spiro atoms. The lowest BCUT2D eigenvalue weighted by molar-refractivity contribution is -0.663. The standard InChI is InChI=1S/C27H28N2O7/c1-26(2)25(31)27(29(32)33,35-17-19-7-5-4-6-8-19)22-16-20(11-14-23(22)36-26)28-24(30)15-18-9-12-21(34-3)13-10-18/h4-14,16,25,31H,15,17H2,1-3H3,(H,28,30). The molecule has 3 aromatic rings. The number of benzene rings is 3. The van der Waals surface area contributed by atoms with E-state index in [2.05, 4.69) is 5.32 Å². The zero-order chi connectivity index (χ0) is 25.9. The van der Waals surface area contributed by atoms with Crippen LogP contribution in [0.25, 0.3) is 0 Å². The fourth-order valence-corrected chi connectivity index (χ4v) is 4.24. The zero-order valence-electron chi connectivity index (χ0n) is 20.3. The van der Waals surface area contributed by atoms with Gasteiger partial charge in [0.25, 0.3) is 0 Å². The van der Waals surface area contributed by atoms with E-state index in [1.165, 1.54) is 12.1 Å². The number of aliphatic hydroxyl groups is 1. The number of amides is 1. The van der Waals surface area contributed by atoms with Crippen molar-refractivity contribution in [2.24, 2.45) is 0 Å². The summed E-state index contributed by atoms with van der Waals surface area (Å²) in [7, 11) is 1.56. The van der Waals surface area contributed by atoms with E-state index >= 15 is 0 Å². The molecular formula is C27H28N2O7. The molecule has 0 bridgehead atoms. The lowest BCUT2D eigenvalue weighted by Gasteiger charge is -2.43. The van der Waals surface area contributed by atoms with E-state index in [-0.39, 0.29) is 30.2 Å². The normalized spacial score (nSPS) is 20.1. The second-order valence-electron chi connectivity index (χ2n) is 9.12. The summed E-state index contributed by atoms with van der Waals surface area (Å²) in [5, 5.41) is 26.5. The lowest BCUT2D eigenvalue weighted by Crippen LogP contribution is -2.62. The smallest absolute Gasteiger partial charge is 0.385 e. The van der Waals surface area contributed by atoms with Crippen LogP contribution in [0.3, 0.4) is 0 Å². The maximum absolute atomic E-state index is 12.7. The third kappa shape index (κ3) is 4.89. The Morgan fingerprint density at radius 3 is 2.42 bits per heavy atom. The SMILES string of the molecule is COc1ccc(CC(=O)Nc2ccc3c(c2)C(OCc2ccccc2)([N+](=O)[O-])C(O)C(C)(C)O3)cc1. The molecule has 1 heterocycles. The van der Waals surface area contributed by atoms with Crippen molar-refractivity contribution in [3.8, 4) is 11.5 Å². The molecule has 0 aliphatic carbocycles. The van der Waals surface area contributed by atoms with E-state index in [1.54, 1.807) is 75.6 Å². The summed E-state index contributed by atoms with van der Waals surface area (Å²) in [5.74, 6) is 0.569. The average molecular weight is 493 g/mol. The maximum Gasteiger partial charge on any atom is 0.385 e. The van der Waals surface area contributed by atoms with Crippen molar-refractivity contribution in [3.63, 3.8) is 0 Å².